The highest BCUT2D eigenvalue weighted by molar-refractivity contribution is 7.60. The highest BCUT2D eigenvalue weighted by Gasteiger charge is 2.41. The van der Waals surface area contributed by atoms with Crippen LogP contribution in [0.15, 0.2) is 24.3 Å². The molecule has 1 rings (SSSR count). The summed E-state index contributed by atoms with van der Waals surface area (Å²) in [6.07, 6.45) is 0.453. The van der Waals surface area contributed by atoms with E-state index in [0.717, 1.165) is 5.56 Å². The van der Waals surface area contributed by atoms with Gasteiger partial charge in [0.15, 0.2) is 6.16 Å². The average molecular weight is 340 g/mol. The van der Waals surface area contributed by atoms with Crippen molar-refractivity contribution >= 4 is 13.6 Å². The van der Waals surface area contributed by atoms with E-state index < -0.39 is 12.9 Å². The average Bonchev–Trinajstić information content (AvgIpc) is 2.37. The van der Waals surface area contributed by atoms with Gasteiger partial charge in [-0.3, -0.25) is 10.1 Å². The maximum absolute atomic E-state index is 10.5. The highest BCUT2D eigenvalue weighted by atomic mass is 79.9. The molecule has 0 heterocycles. The summed E-state index contributed by atoms with van der Waals surface area (Å²) in [5.41, 5.74) is 0.930. The van der Waals surface area contributed by atoms with Gasteiger partial charge in [-0.15, -0.1) is 0 Å². The Bertz CT molecular complexity index is 374. The lowest BCUT2D eigenvalue weighted by Crippen LogP contribution is -3.00. The predicted octanol–water partition coefficient (Wildman–Crippen LogP) is -0.199. The van der Waals surface area contributed by atoms with Crippen molar-refractivity contribution < 1.29 is 35.5 Å². The molecule has 0 aliphatic heterocycles. The molecule has 8 heteroatoms. The summed E-state index contributed by atoms with van der Waals surface area (Å²) in [7, 11) is 2.19. The summed E-state index contributed by atoms with van der Waals surface area (Å²) < 4.78 is 15.8. The Hall–Kier alpha value is -0.590. The fraction of sp³-hybridized carbons (Fsp3) is 0.400. The van der Waals surface area contributed by atoms with Crippen LogP contribution in [0.4, 0.5) is 5.69 Å². The topological polar surface area (TPSA) is 70.8 Å². The minimum atomic E-state index is -2.37. The lowest BCUT2D eigenvalue weighted by atomic mass is 10.2. The van der Waals surface area contributed by atoms with Crippen molar-refractivity contribution in [1.29, 1.82) is 0 Å². The molecule has 1 aromatic rings. The molecule has 102 valence electrons. The van der Waals surface area contributed by atoms with E-state index in [1.165, 1.54) is 33.5 Å². The second-order valence-electron chi connectivity index (χ2n) is 3.24. The molecule has 0 N–H and O–H groups in total. The fourth-order valence-corrected chi connectivity index (χ4v) is 2.86. The number of hydrogen-bond acceptors (Lipinski definition) is 5. The standard InChI is InChI=1S/C10H15NO5P.BrH/c1-14-17(15-2,16-3)8-9-4-6-10(7-5-9)11(12)13;/h4-7H,8H2,1-3H3;1H/q+1;/p-1. The van der Waals surface area contributed by atoms with E-state index >= 15 is 0 Å². The lowest BCUT2D eigenvalue weighted by Gasteiger charge is -2.16. The van der Waals surface area contributed by atoms with E-state index in [1.54, 1.807) is 12.1 Å². The van der Waals surface area contributed by atoms with Crippen molar-refractivity contribution in [3.8, 4) is 0 Å². The van der Waals surface area contributed by atoms with E-state index in [0.29, 0.717) is 6.16 Å². The maximum atomic E-state index is 10.5. The predicted molar refractivity (Wildman–Crippen MR) is 64.7 cm³/mol. The van der Waals surface area contributed by atoms with Gasteiger partial charge < -0.3 is 17.0 Å². The Labute approximate surface area is 117 Å². The van der Waals surface area contributed by atoms with Crippen molar-refractivity contribution in [3.05, 3.63) is 39.9 Å². The smallest absolute Gasteiger partial charge is 0.415 e. The molecule has 0 fully saturated rings. The summed E-state index contributed by atoms with van der Waals surface area (Å²) in [6, 6.07) is 6.24. The number of halogens is 1. The monoisotopic (exact) mass is 339 g/mol. The van der Waals surface area contributed by atoms with Crippen LogP contribution in [0.3, 0.4) is 0 Å². The molecule has 0 amide bonds. The normalized spacial score (nSPS) is 10.8. The van der Waals surface area contributed by atoms with Crippen LogP contribution in [-0.4, -0.2) is 26.3 Å². The molecule has 1 aromatic carbocycles. The van der Waals surface area contributed by atoms with Gasteiger partial charge in [-0.25, -0.2) is 0 Å². The first-order valence-corrected chi connectivity index (χ1v) is 6.58. The van der Waals surface area contributed by atoms with Crippen molar-refractivity contribution in [3.63, 3.8) is 0 Å². The molecule has 0 aliphatic rings. The molecule has 0 saturated heterocycles. The number of nitrogens with zero attached hydrogens (tertiary/aromatic N) is 1. The number of non-ortho nitro benzene ring substituents is 1. The molecule has 18 heavy (non-hydrogen) atoms. The molecule has 6 nitrogen and oxygen atoms in total. The van der Waals surface area contributed by atoms with Crippen LogP contribution in [0.2, 0.25) is 0 Å². The van der Waals surface area contributed by atoms with Crippen LogP contribution in [0.5, 0.6) is 0 Å². The molecular formula is C10H15BrNO5P. The number of hydrogen-bond donors (Lipinski definition) is 0. The van der Waals surface area contributed by atoms with Gasteiger partial charge in [-0.05, 0) is 17.7 Å². The Balaban J connectivity index is 0.00000289. The molecule has 0 aromatic heterocycles. The Morgan fingerprint density at radius 2 is 1.56 bits per heavy atom. The zero-order valence-electron chi connectivity index (χ0n) is 10.3. The molecule has 0 atom stereocenters. The molecule has 0 saturated carbocycles. The summed E-state index contributed by atoms with van der Waals surface area (Å²) in [4.78, 5) is 10.1. The molecule has 0 spiro atoms. The van der Waals surface area contributed by atoms with E-state index in [9.17, 15) is 10.1 Å². The first kappa shape index (κ1) is 17.4. The van der Waals surface area contributed by atoms with Gasteiger partial charge in [0.25, 0.3) is 5.69 Å². The van der Waals surface area contributed by atoms with Crippen LogP contribution < -0.4 is 17.0 Å². The summed E-state index contributed by atoms with van der Waals surface area (Å²) in [5.74, 6) is 0. The third-order valence-electron chi connectivity index (χ3n) is 2.36. The van der Waals surface area contributed by atoms with Crippen LogP contribution in [0, 0.1) is 10.1 Å². The van der Waals surface area contributed by atoms with Crippen LogP contribution in [0.1, 0.15) is 5.56 Å². The molecule has 0 unspecified atom stereocenters. The van der Waals surface area contributed by atoms with Gasteiger partial charge >= 0.3 is 7.94 Å². The maximum Gasteiger partial charge on any atom is 0.415 e. The van der Waals surface area contributed by atoms with Crippen molar-refractivity contribution in [2.45, 2.75) is 6.16 Å². The number of benzene rings is 1. The van der Waals surface area contributed by atoms with Gasteiger partial charge in [0.05, 0.1) is 26.3 Å². The third kappa shape index (κ3) is 4.26. The first-order chi connectivity index (χ1) is 8.06. The molecule has 0 bridgehead atoms. The molecule has 0 radical (unpaired) electrons. The van der Waals surface area contributed by atoms with Crippen LogP contribution >= 0.6 is 7.94 Å². The number of nitro groups is 1. The Morgan fingerprint density at radius 3 is 1.89 bits per heavy atom. The zero-order chi connectivity index (χ0) is 12.9. The van der Waals surface area contributed by atoms with Crippen molar-refractivity contribution in [2.24, 2.45) is 0 Å². The SMILES string of the molecule is CO[P+](Cc1ccc([N+](=O)[O-])cc1)(OC)OC.[Br-]. The first-order valence-electron chi connectivity index (χ1n) is 4.85. The van der Waals surface area contributed by atoms with Crippen LogP contribution in [-0.2, 0) is 19.7 Å². The number of rotatable bonds is 6. The summed E-state index contributed by atoms with van der Waals surface area (Å²) in [5, 5.41) is 10.5. The minimum Gasteiger partial charge on any atom is -1.00 e. The van der Waals surface area contributed by atoms with Gasteiger partial charge in [0.2, 0.25) is 0 Å². The van der Waals surface area contributed by atoms with Gasteiger partial charge in [0.1, 0.15) is 0 Å². The van der Waals surface area contributed by atoms with Crippen molar-refractivity contribution in [2.75, 3.05) is 21.3 Å². The van der Waals surface area contributed by atoms with Crippen molar-refractivity contribution in [1.82, 2.24) is 0 Å². The van der Waals surface area contributed by atoms with E-state index in [1.807, 2.05) is 0 Å². The van der Waals surface area contributed by atoms with E-state index in [4.69, 9.17) is 13.6 Å². The van der Waals surface area contributed by atoms with Gasteiger partial charge in [0, 0.05) is 12.1 Å². The molecule has 0 aliphatic carbocycles. The van der Waals surface area contributed by atoms with Crippen LogP contribution in [0.25, 0.3) is 0 Å². The molecular weight excluding hydrogens is 325 g/mol. The largest absolute Gasteiger partial charge is 1.00 e. The van der Waals surface area contributed by atoms with Gasteiger partial charge in [-0.1, -0.05) is 0 Å². The second-order valence-corrected chi connectivity index (χ2v) is 5.87. The Morgan fingerprint density at radius 1 is 1.11 bits per heavy atom. The summed E-state index contributed by atoms with van der Waals surface area (Å²) in [6.45, 7) is 0. The summed E-state index contributed by atoms with van der Waals surface area (Å²) >= 11 is 0. The van der Waals surface area contributed by atoms with E-state index in [2.05, 4.69) is 0 Å². The Kier molecular flexibility index (Phi) is 7.51. The highest BCUT2D eigenvalue weighted by Crippen LogP contribution is 2.62. The quantitative estimate of drug-likeness (QED) is 0.408. The zero-order valence-corrected chi connectivity index (χ0v) is 12.8. The minimum absolute atomic E-state index is 0. The number of nitro benzene ring substituents is 1. The van der Waals surface area contributed by atoms with Gasteiger partial charge in [-0.2, -0.15) is 13.6 Å². The van der Waals surface area contributed by atoms with E-state index in [-0.39, 0.29) is 22.7 Å². The fourth-order valence-electron chi connectivity index (χ4n) is 1.36. The lowest BCUT2D eigenvalue weighted by molar-refractivity contribution is -0.384. The second kappa shape index (κ2) is 7.76. The third-order valence-corrected chi connectivity index (χ3v) is 4.78.